The highest BCUT2D eigenvalue weighted by Crippen LogP contribution is 2.49. The number of hydrogen-bond acceptors (Lipinski definition) is 6. The molecule has 7 unspecified atom stereocenters. The normalized spacial score (nSPS) is 39.1. The summed E-state index contributed by atoms with van der Waals surface area (Å²) in [6.07, 6.45) is 4.88. The number of carbonyl (C=O) groups excluding carboxylic acids is 2. The van der Waals surface area contributed by atoms with Crippen molar-refractivity contribution in [1.82, 2.24) is 0 Å². The molecule has 0 aromatic carbocycles. The highest BCUT2D eigenvalue weighted by Gasteiger charge is 2.56. The summed E-state index contributed by atoms with van der Waals surface area (Å²) in [5.74, 6) is -0.551. The van der Waals surface area contributed by atoms with Gasteiger partial charge in [-0.05, 0) is 59.8 Å². The molecule has 0 aromatic rings. The third-order valence-corrected chi connectivity index (χ3v) is 6.67. The van der Waals surface area contributed by atoms with E-state index < -0.39 is 0 Å². The Morgan fingerprint density at radius 1 is 1.19 bits per heavy atom. The maximum atomic E-state index is 12.2. The van der Waals surface area contributed by atoms with Crippen LogP contribution in [0.2, 0.25) is 0 Å². The molecule has 154 valence electrons. The summed E-state index contributed by atoms with van der Waals surface area (Å²) >= 11 is 0. The van der Waals surface area contributed by atoms with Crippen LogP contribution in [0.15, 0.2) is 0 Å². The molecule has 1 saturated carbocycles. The van der Waals surface area contributed by atoms with Crippen molar-refractivity contribution >= 4 is 11.9 Å². The lowest BCUT2D eigenvalue weighted by atomic mass is 9.83. The van der Waals surface area contributed by atoms with Gasteiger partial charge in [-0.1, -0.05) is 6.92 Å². The van der Waals surface area contributed by atoms with E-state index in [1.165, 1.54) is 0 Å². The summed E-state index contributed by atoms with van der Waals surface area (Å²) in [5.41, 5.74) is -0.0618. The van der Waals surface area contributed by atoms with Crippen molar-refractivity contribution in [3.05, 3.63) is 0 Å². The van der Waals surface area contributed by atoms with E-state index in [1.54, 1.807) is 0 Å². The first-order valence-electron chi connectivity index (χ1n) is 10.4. The van der Waals surface area contributed by atoms with E-state index >= 15 is 0 Å². The van der Waals surface area contributed by atoms with Crippen molar-refractivity contribution in [2.45, 2.75) is 103 Å². The number of fused-ring (bicyclic) bond motifs is 1. The zero-order chi connectivity index (χ0) is 19.8. The van der Waals surface area contributed by atoms with Crippen LogP contribution in [0, 0.1) is 11.8 Å². The van der Waals surface area contributed by atoms with Gasteiger partial charge in [0.2, 0.25) is 0 Å². The minimum Gasteiger partial charge on any atom is -0.465 e. The first kappa shape index (κ1) is 20.6. The molecule has 7 atom stereocenters. The molecule has 0 bridgehead atoms. The molecular formula is C21H34O6. The summed E-state index contributed by atoms with van der Waals surface area (Å²) in [4.78, 5) is 24.4. The van der Waals surface area contributed by atoms with E-state index in [4.69, 9.17) is 18.9 Å². The molecule has 6 heteroatoms. The lowest BCUT2D eigenvalue weighted by Crippen LogP contribution is -2.29. The molecule has 1 aliphatic carbocycles. The van der Waals surface area contributed by atoms with Crippen LogP contribution >= 0.6 is 0 Å². The van der Waals surface area contributed by atoms with Crippen molar-refractivity contribution in [2.75, 3.05) is 6.61 Å². The maximum absolute atomic E-state index is 12.2. The molecule has 0 N–H and O–H groups in total. The van der Waals surface area contributed by atoms with Crippen molar-refractivity contribution in [3.8, 4) is 0 Å². The quantitative estimate of drug-likeness (QED) is 0.449. The van der Waals surface area contributed by atoms with Gasteiger partial charge >= 0.3 is 11.9 Å². The van der Waals surface area contributed by atoms with Gasteiger partial charge < -0.3 is 18.9 Å². The highest BCUT2D eigenvalue weighted by atomic mass is 16.6. The Morgan fingerprint density at radius 2 is 1.89 bits per heavy atom. The molecule has 0 amide bonds. The van der Waals surface area contributed by atoms with Crippen LogP contribution in [0.5, 0.6) is 0 Å². The smallest absolute Gasteiger partial charge is 0.309 e. The topological polar surface area (TPSA) is 77.7 Å². The van der Waals surface area contributed by atoms with E-state index in [0.717, 1.165) is 32.1 Å². The Kier molecular flexibility index (Phi) is 5.88. The number of carbonyl (C=O) groups is 2. The molecule has 3 aliphatic rings. The Hall–Kier alpha value is -1.14. The van der Waals surface area contributed by atoms with Crippen LogP contribution in [0.25, 0.3) is 0 Å². The van der Waals surface area contributed by atoms with E-state index in [0.29, 0.717) is 6.42 Å². The van der Waals surface area contributed by atoms with Crippen molar-refractivity contribution < 1.29 is 28.5 Å². The molecule has 3 rings (SSSR count). The average molecular weight is 382 g/mol. The Balaban J connectivity index is 1.28. The van der Waals surface area contributed by atoms with Crippen LogP contribution in [-0.4, -0.2) is 48.1 Å². The van der Waals surface area contributed by atoms with E-state index in [-0.39, 0.29) is 59.9 Å². The van der Waals surface area contributed by atoms with Crippen LogP contribution < -0.4 is 0 Å². The minimum absolute atomic E-state index is 0.0112. The lowest BCUT2D eigenvalue weighted by Gasteiger charge is -2.21. The van der Waals surface area contributed by atoms with Crippen molar-refractivity contribution in [2.24, 2.45) is 11.8 Å². The number of ether oxygens (including phenoxy) is 4. The SMILES string of the molecule is CC(CCOC(=O)C1CCC2(C)OC2C1)OC(=O)C(C)CCC1(C)OC1C. The minimum atomic E-state index is -0.263. The average Bonchev–Trinajstić information content (AvgIpc) is 3.46. The molecule has 2 aliphatic heterocycles. The predicted molar refractivity (Wildman–Crippen MR) is 99.1 cm³/mol. The highest BCUT2D eigenvalue weighted by molar-refractivity contribution is 5.73. The zero-order valence-corrected chi connectivity index (χ0v) is 17.3. The second-order valence-electron chi connectivity index (χ2n) is 9.11. The van der Waals surface area contributed by atoms with Gasteiger partial charge in [-0.2, -0.15) is 0 Å². The second kappa shape index (κ2) is 7.70. The van der Waals surface area contributed by atoms with Gasteiger partial charge in [0.05, 0.1) is 41.9 Å². The Bertz CT molecular complexity index is 577. The summed E-state index contributed by atoms with van der Waals surface area (Å²) in [7, 11) is 0. The Morgan fingerprint density at radius 3 is 2.52 bits per heavy atom. The monoisotopic (exact) mass is 382 g/mol. The molecule has 2 saturated heterocycles. The molecule has 3 fully saturated rings. The number of rotatable bonds is 9. The summed E-state index contributed by atoms with van der Waals surface area (Å²) in [6, 6.07) is 0. The van der Waals surface area contributed by atoms with Crippen LogP contribution in [-0.2, 0) is 28.5 Å². The van der Waals surface area contributed by atoms with Gasteiger partial charge in [0.25, 0.3) is 0 Å². The largest absolute Gasteiger partial charge is 0.465 e. The standard InChI is InChI=1S/C21H34O6/c1-13(6-9-20(4)15(3)26-20)18(22)25-14(2)8-11-24-19(23)16-7-10-21(5)17(12-16)27-21/h13-17H,6-12H2,1-5H3. The fraction of sp³-hybridized carbons (Fsp3) is 0.905. The first-order chi connectivity index (χ1) is 12.6. The van der Waals surface area contributed by atoms with E-state index in [1.807, 2.05) is 13.8 Å². The number of hydrogen-bond donors (Lipinski definition) is 0. The molecule has 2 heterocycles. The molecule has 27 heavy (non-hydrogen) atoms. The summed E-state index contributed by atoms with van der Waals surface area (Å²) in [6.45, 7) is 10.3. The van der Waals surface area contributed by atoms with E-state index in [2.05, 4.69) is 20.8 Å². The summed E-state index contributed by atoms with van der Waals surface area (Å²) < 4.78 is 22.1. The van der Waals surface area contributed by atoms with Gasteiger partial charge in [-0.25, -0.2) is 0 Å². The number of epoxide rings is 2. The van der Waals surface area contributed by atoms with Gasteiger partial charge in [0.1, 0.15) is 6.10 Å². The fourth-order valence-corrected chi connectivity index (χ4v) is 3.93. The molecule has 0 spiro atoms. The third kappa shape index (κ3) is 5.02. The summed E-state index contributed by atoms with van der Waals surface area (Å²) in [5, 5.41) is 0. The molecule has 0 aromatic heterocycles. The second-order valence-corrected chi connectivity index (χ2v) is 9.11. The van der Waals surface area contributed by atoms with E-state index in [9.17, 15) is 9.59 Å². The molecular weight excluding hydrogens is 348 g/mol. The zero-order valence-electron chi connectivity index (χ0n) is 17.3. The number of esters is 2. The first-order valence-corrected chi connectivity index (χ1v) is 10.4. The van der Waals surface area contributed by atoms with Crippen molar-refractivity contribution in [3.63, 3.8) is 0 Å². The van der Waals surface area contributed by atoms with Crippen LogP contribution in [0.3, 0.4) is 0 Å². The van der Waals surface area contributed by atoms with Crippen LogP contribution in [0.1, 0.15) is 73.1 Å². The van der Waals surface area contributed by atoms with Gasteiger partial charge in [-0.15, -0.1) is 0 Å². The predicted octanol–water partition coefficient (Wildman–Crippen LogP) is 3.40. The molecule has 6 nitrogen and oxygen atoms in total. The fourth-order valence-electron chi connectivity index (χ4n) is 3.93. The molecule has 0 radical (unpaired) electrons. The van der Waals surface area contributed by atoms with Crippen LogP contribution in [0.4, 0.5) is 0 Å². The lowest BCUT2D eigenvalue weighted by molar-refractivity contribution is -0.155. The third-order valence-electron chi connectivity index (χ3n) is 6.67. The van der Waals surface area contributed by atoms with Gasteiger partial charge in [0, 0.05) is 6.42 Å². The van der Waals surface area contributed by atoms with Gasteiger partial charge in [0.15, 0.2) is 0 Å². The maximum Gasteiger partial charge on any atom is 0.309 e. The Labute approximate surface area is 162 Å². The van der Waals surface area contributed by atoms with Gasteiger partial charge in [-0.3, -0.25) is 9.59 Å². The van der Waals surface area contributed by atoms with Crippen molar-refractivity contribution in [1.29, 1.82) is 0 Å².